The first-order chi connectivity index (χ1) is 34.7. The van der Waals surface area contributed by atoms with Gasteiger partial charge in [0.15, 0.2) is 0 Å². The Morgan fingerprint density at radius 3 is 0.900 bits per heavy atom. The number of rotatable bonds is 10. The van der Waals surface area contributed by atoms with Crippen molar-refractivity contribution in [2.45, 2.75) is 0 Å². The van der Waals surface area contributed by atoms with Gasteiger partial charge >= 0.3 is 0 Å². The van der Waals surface area contributed by atoms with E-state index in [-0.39, 0.29) is 0 Å². The monoisotopic (exact) mass is 896 g/mol. The Kier molecular flexibility index (Phi) is 10.1. The van der Waals surface area contributed by atoms with Gasteiger partial charge in [-0.15, -0.1) is 0 Å². The topological polar surface area (TPSA) is 32.8 Å². The van der Waals surface area contributed by atoms with E-state index in [9.17, 15) is 0 Å². The third-order valence-electron chi connectivity index (χ3n) is 13.5. The van der Waals surface area contributed by atoms with E-state index in [2.05, 4.69) is 252 Å². The molecular formula is C66H44N2O2. The Morgan fingerprint density at radius 2 is 0.514 bits per heavy atom. The molecule has 4 nitrogen and oxygen atoms in total. The normalized spacial score (nSPS) is 11.4. The maximum Gasteiger partial charge on any atom is 0.137 e. The van der Waals surface area contributed by atoms with Crippen LogP contribution in [0.4, 0.5) is 34.1 Å². The minimum absolute atomic E-state index is 0.819. The molecule has 0 N–H and O–H groups in total. The van der Waals surface area contributed by atoms with Crippen LogP contribution in [-0.2, 0) is 0 Å². The molecule has 0 aliphatic heterocycles. The molecule has 0 saturated carbocycles. The van der Waals surface area contributed by atoms with Gasteiger partial charge in [-0.3, -0.25) is 0 Å². The maximum atomic E-state index is 6.64. The molecule has 0 radical (unpaired) electrons. The highest BCUT2D eigenvalue weighted by Gasteiger charge is 2.27. The summed E-state index contributed by atoms with van der Waals surface area (Å²) in [6.45, 7) is 0. The van der Waals surface area contributed by atoms with Crippen molar-refractivity contribution < 1.29 is 8.83 Å². The van der Waals surface area contributed by atoms with E-state index in [4.69, 9.17) is 8.83 Å². The number of furan rings is 2. The average molecular weight is 897 g/mol. The molecule has 330 valence electrons. The van der Waals surface area contributed by atoms with Gasteiger partial charge in [-0.1, -0.05) is 182 Å². The zero-order valence-electron chi connectivity index (χ0n) is 38.1. The molecule has 0 amide bonds. The molecule has 0 atom stereocenters. The summed E-state index contributed by atoms with van der Waals surface area (Å²) in [5.41, 5.74) is 18.2. The lowest BCUT2D eigenvalue weighted by molar-refractivity contribution is 0.668. The number of benzene rings is 11. The number of fused-ring (bicyclic) bond motifs is 6. The largest absolute Gasteiger partial charge is 0.456 e. The van der Waals surface area contributed by atoms with Gasteiger partial charge in [-0.05, 0) is 117 Å². The first kappa shape index (κ1) is 40.9. The summed E-state index contributed by atoms with van der Waals surface area (Å²) in [4.78, 5) is 4.78. The quantitative estimate of drug-likeness (QED) is 0.137. The van der Waals surface area contributed by atoms with Crippen LogP contribution in [0.2, 0.25) is 0 Å². The second-order valence-corrected chi connectivity index (χ2v) is 17.7. The van der Waals surface area contributed by atoms with Gasteiger partial charge < -0.3 is 18.6 Å². The Balaban J connectivity index is 1.12. The summed E-state index contributed by atoms with van der Waals surface area (Å²) in [7, 11) is 0. The summed E-state index contributed by atoms with van der Waals surface area (Å²) in [6, 6.07) is 95.0. The smallest absolute Gasteiger partial charge is 0.137 e. The van der Waals surface area contributed by atoms with Crippen LogP contribution in [0.15, 0.2) is 276 Å². The van der Waals surface area contributed by atoms with Crippen LogP contribution in [0, 0.1) is 0 Å². The SMILES string of the molecule is c1ccc(-c2ccc(N(c3ccc4c(c3)oc3ccccc34)c3cc(-c4ccccc4)c(-c4ccccc4)cc3N(c3ccc(-c4ccccc4)cc3)c3ccc4c(c3)oc3ccccc34)cc2)cc1. The molecule has 2 heterocycles. The van der Waals surface area contributed by atoms with Crippen molar-refractivity contribution in [1.29, 1.82) is 0 Å². The minimum Gasteiger partial charge on any atom is -0.456 e. The van der Waals surface area contributed by atoms with Crippen molar-refractivity contribution in [1.82, 2.24) is 0 Å². The van der Waals surface area contributed by atoms with Gasteiger partial charge in [0, 0.05) is 56.4 Å². The van der Waals surface area contributed by atoms with Gasteiger partial charge in [0.05, 0.1) is 11.4 Å². The lowest BCUT2D eigenvalue weighted by atomic mass is 9.92. The van der Waals surface area contributed by atoms with E-state index in [0.717, 1.165) is 123 Å². The fraction of sp³-hybridized carbons (Fsp3) is 0. The first-order valence-corrected chi connectivity index (χ1v) is 23.7. The Labute approximate surface area is 406 Å². The predicted molar refractivity (Wildman–Crippen MR) is 292 cm³/mol. The summed E-state index contributed by atoms with van der Waals surface area (Å²) in [5.74, 6) is 0. The highest BCUT2D eigenvalue weighted by atomic mass is 16.3. The minimum atomic E-state index is 0.819. The maximum absolute atomic E-state index is 6.64. The van der Waals surface area contributed by atoms with Crippen LogP contribution in [-0.4, -0.2) is 0 Å². The highest BCUT2D eigenvalue weighted by molar-refractivity contribution is 6.08. The van der Waals surface area contributed by atoms with Gasteiger partial charge in [-0.2, -0.15) is 0 Å². The van der Waals surface area contributed by atoms with Crippen molar-refractivity contribution in [2.75, 3.05) is 9.80 Å². The Hall–Kier alpha value is -9.38. The summed E-state index contributed by atoms with van der Waals surface area (Å²) < 4.78 is 13.3. The standard InChI is InChI=1S/C66H44N2O2/c1-5-17-45(18-6-1)47-29-33-51(34-30-47)67(53-37-39-57-55-25-13-15-27-63(55)69-65(57)41-53)61-43-59(49-21-9-3-10-22-49)60(50-23-11-4-12-24-50)44-62(61)68(52-35-31-48(32-36-52)46-19-7-2-8-20-46)54-38-40-58-56-26-14-16-28-64(56)70-66(58)42-54/h1-44H. The summed E-state index contributed by atoms with van der Waals surface area (Å²) in [6.07, 6.45) is 0. The van der Waals surface area contributed by atoms with Gasteiger partial charge in [0.1, 0.15) is 22.3 Å². The van der Waals surface area contributed by atoms with Crippen LogP contribution < -0.4 is 9.80 Å². The number of nitrogens with zero attached hydrogens (tertiary/aromatic N) is 2. The molecule has 11 aromatic carbocycles. The molecule has 0 spiro atoms. The van der Waals surface area contributed by atoms with Crippen molar-refractivity contribution in [3.63, 3.8) is 0 Å². The molecular weight excluding hydrogens is 853 g/mol. The van der Waals surface area contributed by atoms with Crippen molar-refractivity contribution in [3.8, 4) is 44.5 Å². The van der Waals surface area contributed by atoms with Crippen LogP contribution >= 0.6 is 0 Å². The number of anilines is 6. The van der Waals surface area contributed by atoms with Crippen molar-refractivity contribution in [2.24, 2.45) is 0 Å². The van der Waals surface area contributed by atoms with Crippen LogP contribution in [0.25, 0.3) is 88.4 Å². The molecule has 0 bridgehead atoms. The van der Waals surface area contributed by atoms with E-state index in [0.29, 0.717) is 0 Å². The second kappa shape index (κ2) is 17.4. The van der Waals surface area contributed by atoms with Crippen LogP contribution in [0.5, 0.6) is 0 Å². The van der Waals surface area contributed by atoms with Gasteiger partial charge in [-0.25, -0.2) is 0 Å². The summed E-state index contributed by atoms with van der Waals surface area (Å²) >= 11 is 0. The molecule has 13 rings (SSSR count). The first-order valence-electron chi connectivity index (χ1n) is 23.7. The molecule has 0 aliphatic rings. The average Bonchev–Trinajstić information content (AvgIpc) is 4.00. The van der Waals surface area contributed by atoms with Crippen molar-refractivity contribution in [3.05, 3.63) is 267 Å². The van der Waals surface area contributed by atoms with Crippen LogP contribution in [0.1, 0.15) is 0 Å². The van der Waals surface area contributed by atoms with Crippen LogP contribution in [0.3, 0.4) is 0 Å². The molecule has 70 heavy (non-hydrogen) atoms. The molecule has 0 aliphatic carbocycles. The Bertz CT molecular complexity index is 3710. The molecule has 0 fully saturated rings. The molecule has 2 aromatic heterocycles. The molecule has 0 unspecified atom stereocenters. The van der Waals surface area contributed by atoms with E-state index in [1.807, 2.05) is 24.3 Å². The van der Waals surface area contributed by atoms with Crippen molar-refractivity contribution >= 4 is 78.0 Å². The fourth-order valence-electron chi connectivity index (χ4n) is 10.1. The van der Waals surface area contributed by atoms with E-state index in [1.54, 1.807) is 0 Å². The number of hydrogen-bond acceptors (Lipinski definition) is 4. The third-order valence-corrected chi connectivity index (χ3v) is 13.5. The molecule has 13 aromatic rings. The van der Waals surface area contributed by atoms with E-state index < -0.39 is 0 Å². The lowest BCUT2D eigenvalue weighted by Crippen LogP contribution is -2.17. The number of para-hydroxylation sites is 2. The van der Waals surface area contributed by atoms with E-state index >= 15 is 0 Å². The molecule has 0 saturated heterocycles. The Morgan fingerprint density at radius 1 is 0.214 bits per heavy atom. The fourth-order valence-corrected chi connectivity index (χ4v) is 10.1. The van der Waals surface area contributed by atoms with E-state index in [1.165, 1.54) is 0 Å². The second-order valence-electron chi connectivity index (χ2n) is 17.7. The zero-order valence-corrected chi connectivity index (χ0v) is 38.1. The summed E-state index contributed by atoms with van der Waals surface area (Å²) in [5, 5.41) is 4.33. The van der Waals surface area contributed by atoms with Gasteiger partial charge in [0.25, 0.3) is 0 Å². The lowest BCUT2D eigenvalue weighted by Gasteiger charge is -2.34. The number of hydrogen-bond donors (Lipinski definition) is 0. The highest BCUT2D eigenvalue weighted by Crippen LogP contribution is 2.51. The molecule has 4 heteroatoms. The predicted octanol–water partition coefficient (Wildman–Crippen LogP) is 19.1. The zero-order chi connectivity index (χ0) is 46.4. The van der Waals surface area contributed by atoms with Gasteiger partial charge in [0.2, 0.25) is 0 Å². The third kappa shape index (κ3) is 7.36.